The molecule has 0 aliphatic heterocycles. The van der Waals surface area contributed by atoms with Crippen LogP contribution < -0.4 is 5.32 Å². The molecule has 0 atom stereocenters. The van der Waals surface area contributed by atoms with Gasteiger partial charge in [-0.1, -0.05) is 6.07 Å². The number of H-pyrrole nitrogens is 1. The van der Waals surface area contributed by atoms with Crippen molar-refractivity contribution in [2.75, 3.05) is 5.32 Å². The van der Waals surface area contributed by atoms with Gasteiger partial charge in [0.2, 0.25) is 5.52 Å². The highest BCUT2D eigenvalue weighted by atomic mass is 31.2. The van der Waals surface area contributed by atoms with Crippen LogP contribution in [0.2, 0.25) is 0 Å². The third-order valence-corrected chi connectivity index (χ3v) is 6.79. The predicted octanol–water partition coefficient (Wildman–Crippen LogP) is 1.68. The monoisotopic (exact) mass is 384 g/mol. The zero-order valence-electron chi connectivity index (χ0n) is 12.5. The number of pyridine rings is 1. The highest BCUT2D eigenvalue weighted by Gasteiger charge is 2.43. The highest BCUT2D eigenvalue weighted by molar-refractivity contribution is 7.71. The molecule has 25 heavy (non-hydrogen) atoms. The van der Waals surface area contributed by atoms with Crippen molar-refractivity contribution in [1.29, 1.82) is 0 Å². The normalized spacial score (nSPS) is 12.7. The summed E-state index contributed by atoms with van der Waals surface area (Å²) in [6.07, 6.45) is 3.10. The van der Waals surface area contributed by atoms with E-state index in [2.05, 4.69) is 20.5 Å². The van der Waals surface area contributed by atoms with Crippen LogP contribution in [0.3, 0.4) is 0 Å². The number of hydrogen-bond acceptors (Lipinski definition) is 5. The summed E-state index contributed by atoms with van der Waals surface area (Å²) in [4.78, 5) is 40.4. The molecular formula is C13H14N4O6P2. The van der Waals surface area contributed by atoms with Gasteiger partial charge in [-0.15, -0.1) is 0 Å². The van der Waals surface area contributed by atoms with E-state index in [1.54, 1.807) is 12.3 Å². The Labute approximate surface area is 141 Å². The number of fused-ring (bicyclic) bond motifs is 1. The average molecular weight is 384 g/mol. The number of hydrogen-bond donors (Lipinski definition) is 6. The Bertz CT molecular complexity index is 971. The molecule has 6 N–H and O–H groups in total. The molecule has 3 rings (SSSR count). The van der Waals surface area contributed by atoms with Crippen LogP contribution in [-0.2, 0) is 9.13 Å². The van der Waals surface area contributed by atoms with Gasteiger partial charge in [-0.25, -0.2) is 4.98 Å². The highest BCUT2D eigenvalue weighted by Crippen LogP contribution is 2.59. The van der Waals surface area contributed by atoms with Gasteiger partial charge >= 0.3 is 15.2 Å². The zero-order valence-corrected chi connectivity index (χ0v) is 14.3. The van der Waals surface area contributed by atoms with Gasteiger partial charge in [-0.05, 0) is 29.8 Å². The van der Waals surface area contributed by atoms with Crippen molar-refractivity contribution >= 4 is 31.9 Å². The molecule has 3 aromatic rings. The van der Waals surface area contributed by atoms with Crippen molar-refractivity contribution in [3.8, 4) is 11.1 Å². The van der Waals surface area contributed by atoms with Crippen LogP contribution >= 0.6 is 15.2 Å². The first-order valence-electron chi connectivity index (χ1n) is 6.91. The van der Waals surface area contributed by atoms with Crippen LogP contribution in [0, 0.1) is 0 Å². The number of anilines is 1. The van der Waals surface area contributed by atoms with Crippen molar-refractivity contribution < 1.29 is 28.7 Å². The number of benzene rings is 1. The molecule has 0 unspecified atom stereocenters. The van der Waals surface area contributed by atoms with E-state index in [9.17, 15) is 9.13 Å². The average Bonchev–Trinajstić information content (AvgIpc) is 2.98. The van der Waals surface area contributed by atoms with Crippen molar-refractivity contribution in [3.05, 3.63) is 42.7 Å². The Morgan fingerprint density at radius 3 is 2.24 bits per heavy atom. The van der Waals surface area contributed by atoms with Crippen molar-refractivity contribution in [3.63, 3.8) is 0 Å². The molecule has 0 saturated carbocycles. The second-order valence-corrected chi connectivity index (χ2v) is 9.10. The second kappa shape index (κ2) is 6.34. The smallest absolute Gasteiger partial charge is 0.346 e. The first-order chi connectivity index (χ1) is 11.6. The van der Waals surface area contributed by atoms with Crippen molar-refractivity contribution in [2.24, 2.45) is 0 Å². The fraction of sp³-hybridized carbons (Fsp3) is 0.0769. The van der Waals surface area contributed by atoms with Gasteiger partial charge in [0.15, 0.2) is 0 Å². The summed E-state index contributed by atoms with van der Waals surface area (Å²) < 4.78 is 22.5. The first-order valence-corrected chi connectivity index (χ1v) is 10.3. The maximum Gasteiger partial charge on any atom is 0.360 e. The first kappa shape index (κ1) is 17.8. The molecule has 0 amide bonds. The van der Waals surface area contributed by atoms with E-state index < -0.39 is 20.7 Å². The number of nitrogens with zero attached hydrogens (tertiary/aromatic N) is 2. The largest absolute Gasteiger partial charge is 0.360 e. The van der Waals surface area contributed by atoms with E-state index in [1.807, 2.05) is 18.2 Å². The molecule has 10 nitrogen and oxygen atoms in total. The molecule has 132 valence electrons. The third-order valence-electron chi connectivity index (χ3n) is 3.45. The van der Waals surface area contributed by atoms with E-state index in [-0.39, 0.29) is 5.82 Å². The molecule has 0 bridgehead atoms. The van der Waals surface area contributed by atoms with Crippen LogP contribution in [-0.4, -0.2) is 40.3 Å². The van der Waals surface area contributed by atoms with Gasteiger partial charge in [0.25, 0.3) is 0 Å². The minimum Gasteiger partial charge on any atom is -0.346 e. The lowest BCUT2D eigenvalue weighted by molar-refractivity contribution is 0.343. The zero-order chi connectivity index (χ0) is 18.2. The molecule has 0 aliphatic rings. The summed E-state index contributed by atoms with van der Waals surface area (Å²) in [7, 11) is -10.2. The molecular weight excluding hydrogens is 370 g/mol. The second-order valence-electron chi connectivity index (χ2n) is 5.30. The molecule has 1 aromatic carbocycles. The molecule has 2 heterocycles. The van der Waals surface area contributed by atoms with Gasteiger partial charge in [0.05, 0.1) is 11.7 Å². The van der Waals surface area contributed by atoms with E-state index in [4.69, 9.17) is 19.6 Å². The lowest BCUT2D eigenvalue weighted by Crippen LogP contribution is -2.20. The van der Waals surface area contributed by atoms with Gasteiger partial charge in [0.1, 0.15) is 5.82 Å². The number of nitrogens with one attached hydrogen (secondary N) is 2. The Morgan fingerprint density at radius 2 is 1.64 bits per heavy atom. The SMILES string of the molecule is O=P(O)(O)C(Nc1ccc(-c2ccc3[nH]ncc3c2)cn1)P(=O)(O)O. The standard InChI is InChI=1S/C13H14N4O6P2/c18-24(19,20)13(25(21,22)23)16-12-4-2-9(6-14-12)8-1-3-11-10(5-8)7-15-17-11/h1-7,13H,(H,14,16)(H,15,17)(H2,18,19,20)(H2,21,22,23). The minimum atomic E-state index is -5.08. The van der Waals surface area contributed by atoms with Crippen LogP contribution in [0.4, 0.5) is 5.82 Å². The van der Waals surface area contributed by atoms with Gasteiger partial charge in [-0.3, -0.25) is 14.2 Å². The molecule has 0 fully saturated rings. The van der Waals surface area contributed by atoms with Crippen LogP contribution in [0.15, 0.2) is 42.7 Å². The summed E-state index contributed by atoms with van der Waals surface area (Å²) in [5.41, 5.74) is 0.0915. The predicted molar refractivity (Wildman–Crippen MR) is 90.8 cm³/mol. The lowest BCUT2D eigenvalue weighted by Gasteiger charge is -2.21. The van der Waals surface area contributed by atoms with Gasteiger partial charge in [0, 0.05) is 17.1 Å². The summed E-state index contributed by atoms with van der Waals surface area (Å²) in [6, 6.07) is 8.58. The Balaban J connectivity index is 1.86. The summed E-state index contributed by atoms with van der Waals surface area (Å²) in [5.74, 6) is -0.0650. The van der Waals surface area contributed by atoms with E-state index >= 15 is 0 Å². The molecule has 0 aliphatic carbocycles. The summed E-state index contributed by atoms with van der Waals surface area (Å²) >= 11 is 0. The van der Waals surface area contributed by atoms with Crippen molar-refractivity contribution in [1.82, 2.24) is 15.2 Å². The Hall–Kier alpha value is -2.06. The number of rotatable bonds is 5. The van der Waals surface area contributed by atoms with E-state index in [0.29, 0.717) is 0 Å². The quantitative estimate of drug-likeness (QED) is 0.358. The fourth-order valence-electron chi connectivity index (χ4n) is 2.27. The number of aromatic amines is 1. The summed E-state index contributed by atoms with van der Waals surface area (Å²) in [5, 5.41) is 9.78. The maximum absolute atomic E-state index is 11.3. The van der Waals surface area contributed by atoms with Gasteiger partial charge in [-0.2, -0.15) is 5.10 Å². The fourth-order valence-corrected chi connectivity index (χ4v) is 4.44. The lowest BCUT2D eigenvalue weighted by atomic mass is 10.1. The maximum atomic E-state index is 11.3. The summed E-state index contributed by atoms with van der Waals surface area (Å²) in [6.45, 7) is 0. The molecule has 0 spiro atoms. The van der Waals surface area contributed by atoms with E-state index in [0.717, 1.165) is 22.0 Å². The Kier molecular flexibility index (Phi) is 4.51. The molecule has 12 heteroatoms. The van der Waals surface area contributed by atoms with Crippen LogP contribution in [0.1, 0.15) is 0 Å². The topological polar surface area (TPSA) is 169 Å². The van der Waals surface area contributed by atoms with E-state index in [1.165, 1.54) is 12.3 Å². The Morgan fingerprint density at radius 1 is 0.960 bits per heavy atom. The van der Waals surface area contributed by atoms with Gasteiger partial charge < -0.3 is 24.9 Å². The number of aromatic nitrogens is 3. The van der Waals surface area contributed by atoms with Crippen molar-refractivity contribution in [2.45, 2.75) is 5.52 Å². The minimum absolute atomic E-state index is 0.0650. The molecule has 0 radical (unpaired) electrons. The molecule has 0 saturated heterocycles. The van der Waals surface area contributed by atoms with Crippen LogP contribution in [0.25, 0.3) is 22.0 Å². The third kappa shape index (κ3) is 3.96. The van der Waals surface area contributed by atoms with Crippen LogP contribution in [0.5, 0.6) is 0 Å². The molecule has 2 aromatic heterocycles.